The van der Waals surface area contributed by atoms with Gasteiger partial charge < -0.3 is 10.1 Å². The zero-order valence-electron chi connectivity index (χ0n) is 17.9. The van der Waals surface area contributed by atoms with Gasteiger partial charge in [-0.2, -0.15) is 4.98 Å². The van der Waals surface area contributed by atoms with Crippen molar-refractivity contribution in [2.45, 2.75) is 32.7 Å². The molecule has 0 saturated heterocycles. The van der Waals surface area contributed by atoms with Crippen LogP contribution in [0.5, 0.6) is 5.88 Å². The Labute approximate surface area is 190 Å². The van der Waals surface area contributed by atoms with Crippen LogP contribution >= 0.6 is 11.3 Å². The van der Waals surface area contributed by atoms with Crippen LogP contribution in [0.25, 0.3) is 11.3 Å². The fourth-order valence-electron chi connectivity index (χ4n) is 3.58. The van der Waals surface area contributed by atoms with E-state index in [9.17, 15) is 0 Å². The number of hydrogen-bond acceptors (Lipinski definition) is 9. The molecule has 32 heavy (non-hydrogen) atoms. The molecule has 4 heterocycles. The summed E-state index contributed by atoms with van der Waals surface area (Å²) < 4.78 is 6.00. The van der Waals surface area contributed by atoms with Crippen LogP contribution in [0.2, 0.25) is 0 Å². The van der Waals surface area contributed by atoms with Crippen molar-refractivity contribution >= 4 is 17.2 Å². The van der Waals surface area contributed by atoms with Crippen LogP contribution in [-0.2, 0) is 6.54 Å². The Morgan fingerprint density at radius 2 is 2.03 bits per heavy atom. The second kappa shape index (κ2) is 8.96. The molecule has 8 nitrogen and oxygen atoms in total. The first-order chi connectivity index (χ1) is 15.6. The topological polar surface area (TPSA) is 98.6 Å². The Morgan fingerprint density at radius 3 is 2.78 bits per heavy atom. The number of anilines is 1. The summed E-state index contributed by atoms with van der Waals surface area (Å²) in [7, 11) is 0. The molecule has 4 aromatic rings. The number of rotatable bonds is 8. The maximum Gasteiger partial charge on any atom is 0.218 e. The van der Waals surface area contributed by atoms with Crippen molar-refractivity contribution in [3.63, 3.8) is 0 Å². The smallest absolute Gasteiger partial charge is 0.218 e. The molecule has 1 N–H and O–H groups in total. The zero-order chi connectivity index (χ0) is 21.9. The van der Waals surface area contributed by atoms with Crippen molar-refractivity contribution in [1.82, 2.24) is 30.1 Å². The monoisotopic (exact) mass is 445 g/mol. The van der Waals surface area contributed by atoms with Crippen LogP contribution in [0, 0.1) is 19.8 Å². The van der Waals surface area contributed by atoms with E-state index in [0.29, 0.717) is 36.7 Å². The number of nitrogens with one attached hydrogen (secondary N) is 1. The minimum atomic E-state index is 0.425. The molecular weight excluding hydrogens is 422 g/mol. The normalized spacial score (nSPS) is 17.2. The van der Waals surface area contributed by atoms with E-state index in [2.05, 4.69) is 47.6 Å². The summed E-state index contributed by atoms with van der Waals surface area (Å²) in [5, 5.41) is 13.3. The molecule has 0 spiro atoms. The Morgan fingerprint density at radius 1 is 1.09 bits per heavy atom. The SMILES string of the molecule is Cc1nc(NCc2nnc(C)s2)cc(OCC2CC2c2ccc(-c3ccccn3)cn2)n1. The molecule has 1 fully saturated rings. The van der Waals surface area contributed by atoms with Crippen LogP contribution < -0.4 is 10.1 Å². The third-order valence-electron chi connectivity index (χ3n) is 5.30. The number of aromatic nitrogens is 6. The summed E-state index contributed by atoms with van der Waals surface area (Å²) in [6.45, 7) is 4.99. The van der Waals surface area contributed by atoms with E-state index in [1.54, 1.807) is 17.5 Å². The van der Waals surface area contributed by atoms with Gasteiger partial charge in [0.2, 0.25) is 5.88 Å². The molecular formula is C23H23N7OS. The summed E-state index contributed by atoms with van der Waals surface area (Å²) >= 11 is 1.57. The first-order valence-corrected chi connectivity index (χ1v) is 11.3. The molecule has 4 aromatic heterocycles. The van der Waals surface area contributed by atoms with Crippen LogP contribution in [0.15, 0.2) is 48.8 Å². The maximum absolute atomic E-state index is 6.00. The Bertz CT molecular complexity index is 1200. The lowest BCUT2D eigenvalue weighted by molar-refractivity contribution is 0.284. The fourth-order valence-corrected chi connectivity index (χ4v) is 4.22. The van der Waals surface area contributed by atoms with E-state index in [1.807, 2.05) is 44.3 Å². The molecule has 0 aromatic carbocycles. The average Bonchev–Trinajstić information content (AvgIpc) is 3.48. The van der Waals surface area contributed by atoms with E-state index in [0.717, 1.165) is 39.2 Å². The zero-order valence-corrected chi connectivity index (χ0v) is 18.7. The maximum atomic E-state index is 6.00. The van der Waals surface area contributed by atoms with E-state index in [1.165, 1.54) is 0 Å². The Hall–Kier alpha value is -3.46. The van der Waals surface area contributed by atoms with Gasteiger partial charge in [0.25, 0.3) is 0 Å². The lowest BCUT2D eigenvalue weighted by Crippen LogP contribution is -2.07. The highest BCUT2D eigenvalue weighted by atomic mass is 32.1. The molecule has 0 aliphatic heterocycles. The van der Waals surface area contributed by atoms with Crippen molar-refractivity contribution in [3.8, 4) is 17.1 Å². The van der Waals surface area contributed by atoms with Gasteiger partial charge >= 0.3 is 0 Å². The number of nitrogens with zero attached hydrogens (tertiary/aromatic N) is 6. The van der Waals surface area contributed by atoms with Gasteiger partial charge in [-0.1, -0.05) is 17.4 Å². The number of hydrogen-bond donors (Lipinski definition) is 1. The number of pyridine rings is 2. The van der Waals surface area contributed by atoms with E-state index >= 15 is 0 Å². The molecule has 0 radical (unpaired) electrons. The van der Waals surface area contributed by atoms with E-state index < -0.39 is 0 Å². The molecule has 2 unspecified atom stereocenters. The highest BCUT2D eigenvalue weighted by Gasteiger charge is 2.40. The summed E-state index contributed by atoms with van der Waals surface area (Å²) in [6.07, 6.45) is 4.77. The fraction of sp³-hybridized carbons (Fsp3) is 0.304. The van der Waals surface area contributed by atoms with Crippen molar-refractivity contribution in [3.05, 3.63) is 70.3 Å². The molecule has 0 bridgehead atoms. The predicted octanol–water partition coefficient (Wildman–Crippen LogP) is 4.20. The van der Waals surface area contributed by atoms with Gasteiger partial charge in [-0.15, -0.1) is 10.2 Å². The molecule has 162 valence electrons. The van der Waals surface area contributed by atoms with Gasteiger partial charge in [0.1, 0.15) is 21.7 Å². The van der Waals surface area contributed by atoms with Gasteiger partial charge in [-0.3, -0.25) is 9.97 Å². The van der Waals surface area contributed by atoms with Gasteiger partial charge in [0, 0.05) is 41.6 Å². The van der Waals surface area contributed by atoms with Crippen molar-refractivity contribution in [1.29, 1.82) is 0 Å². The van der Waals surface area contributed by atoms with Gasteiger partial charge in [-0.25, -0.2) is 4.98 Å². The van der Waals surface area contributed by atoms with Crippen molar-refractivity contribution < 1.29 is 4.74 Å². The predicted molar refractivity (Wildman–Crippen MR) is 123 cm³/mol. The molecule has 0 amide bonds. The van der Waals surface area contributed by atoms with Gasteiger partial charge in [-0.05, 0) is 44.5 Å². The second-order valence-corrected chi connectivity index (χ2v) is 9.07. The number of ether oxygens (including phenoxy) is 1. The Balaban J connectivity index is 1.16. The minimum Gasteiger partial charge on any atom is -0.477 e. The van der Waals surface area contributed by atoms with E-state index in [4.69, 9.17) is 4.74 Å². The molecule has 5 rings (SSSR count). The first kappa shape index (κ1) is 20.4. The largest absolute Gasteiger partial charge is 0.477 e. The Kier molecular flexibility index (Phi) is 5.72. The van der Waals surface area contributed by atoms with E-state index in [-0.39, 0.29) is 0 Å². The van der Waals surface area contributed by atoms with Crippen molar-refractivity contribution in [2.75, 3.05) is 11.9 Å². The summed E-state index contributed by atoms with van der Waals surface area (Å²) in [5.74, 6) is 2.84. The van der Waals surface area contributed by atoms with Crippen LogP contribution in [0.3, 0.4) is 0 Å². The first-order valence-electron chi connectivity index (χ1n) is 10.5. The molecule has 1 aliphatic carbocycles. The third kappa shape index (κ3) is 4.88. The minimum absolute atomic E-state index is 0.425. The van der Waals surface area contributed by atoms with Crippen molar-refractivity contribution in [2.24, 2.45) is 5.92 Å². The van der Waals surface area contributed by atoms with Crippen LogP contribution in [-0.4, -0.2) is 36.7 Å². The second-order valence-electron chi connectivity index (χ2n) is 7.81. The third-order valence-corrected chi connectivity index (χ3v) is 6.14. The summed E-state index contributed by atoms with van der Waals surface area (Å²) in [5.41, 5.74) is 3.07. The highest BCUT2D eigenvalue weighted by Crippen LogP contribution is 2.46. The summed E-state index contributed by atoms with van der Waals surface area (Å²) in [6, 6.07) is 11.9. The molecule has 1 saturated carbocycles. The standard InChI is InChI=1S/C23H23N7OS/c1-14-27-21(26-12-23-30-29-15(2)32-23)10-22(28-14)31-13-17-9-18(17)20-7-6-16(11-25-20)19-5-3-4-8-24-19/h3-8,10-11,17-18H,9,12-13H2,1-2H3,(H,26,27,28). The van der Waals surface area contributed by atoms with Gasteiger partial charge in [0.05, 0.1) is 18.8 Å². The van der Waals surface area contributed by atoms with Crippen LogP contribution in [0.4, 0.5) is 5.82 Å². The van der Waals surface area contributed by atoms with Gasteiger partial charge in [0.15, 0.2) is 0 Å². The lowest BCUT2D eigenvalue weighted by atomic mass is 10.1. The average molecular weight is 446 g/mol. The highest BCUT2D eigenvalue weighted by molar-refractivity contribution is 7.11. The van der Waals surface area contributed by atoms with Crippen LogP contribution in [0.1, 0.15) is 33.9 Å². The molecule has 1 aliphatic rings. The number of aryl methyl sites for hydroxylation is 2. The molecule has 9 heteroatoms. The summed E-state index contributed by atoms with van der Waals surface area (Å²) in [4.78, 5) is 17.9. The lowest BCUT2D eigenvalue weighted by Gasteiger charge is -2.09. The quantitative estimate of drug-likeness (QED) is 0.431. The molecule has 2 atom stereocenters.